The molecule has 1 saturated heterocycles. The first-order valence-corrected chi connectivity index (χ1v) is 9.78. The van der Waals surface area contributed by atoms with E-state index in [1.165, 1.54) is 18.5 Å². The fraction of sp³-hybridized carbons (Fsp3) is 0.524. The van der Waals surface area contributed by atoms with Crippen molar-refractivity contribution in [3.63, 3.8) is 0 Å². The number of benzene rings is 1. The number of oxazole rings is 1. The fourth-order valence-corrected chi connectivity index (χ4v) is 3.84. The van der Waals surface area contributed by atoms with E-state index in [-0.39, 0.29) is 11.7 Å². The van der Waals surface area contributed by atoms with E-state index in [0.29, 0.717) is 36.7 Å². The molecule has 1 amide bonds. The van der Waals surface area contributed by atoms with E-state index in [1.54, 1.807) is 24.9 Å². The van der Waals surface area contributed by atoms with E-state index in [9.17, 15) is 18.0 Å². The van der Waals surface area contributed by atoms with Crippen LogP contribution in [0.15, 0.2) is 35.1 Å². The largest absolute Gasteiger partial charge is 0.438 e. The Morgan fingerprint density at radius 2 is 2.17 bits per heavy atom. The van der Waals surface area contributed by atoms with Gasteiger partial charge in [-0.25, -0.2) is 4.98 Å². The molecular formula is C21H26F3N3O2. The molecule has 0 saturated carbocycles. The number of alkyl halides is 3. The van der Waals surface area contributed by atoms with Crippen LogP contribution in [0.25, 0.3) is 0 Å². The molecule has 8 heteroatoms. The third kappa shape index (κ3) is 5.59. The maximum atomic E-state index is 12.9. The predicted octanol–water partition coefficient (Wildman–Crippen LogP) is 4.03. The first-order valence-electron chi connectivity index (χ1n) is 9.78. The minimum Gasteiger partial charge on any atom is -0.438 e. The molecule has 3 rings (SSSR count). The molecule has 1 aliphatic rings. The number of aryl methyl sites for hydroxylation is 1. The van der Waals surface area contributed by atoms with Crippen LogP contribution in [0, 0.1) is 12.8 Å². The lowest BCUT2D eigenvalue weighted by molar-refractivity contribution is -0.137. The Hall–Kier alpha value is -2.35. The first-order chi connectivity index (χ1) is 13.7. The van der Waals surface area contributed by atoms with E-state index in [1.807, 2.05) is 0 Å². The van der Waals surface area contributed by atoms with Crippen molar-refractivity contribution in [2.75, 3.05) is 33.2 Å². The van der Waals surface area contributed by atoms with Gasteiger partial charge in [-0.3, -0.25) is 4.79 Å². The molecule has 1 aliphatic heterocycles. The number of nitrogens with zero attached hydrogens (tertiary/aromatic N) is 3. The molecule has 2 heterocycles. The molecule has 1 aromatic carbocycles. The summed E-state index contributed by atoms with van der Waals surface area (Å²) < 4.78 is 43.8. The molecule has 0 bridgehead atoms. The second-order valence-electron chi connectivity index (χ2n) is 7.71. The van der Waals surface area contributed by atoms with Crippen LogP contribution in [0.1, 0.15) is 40.2 Å². The Labute approximate surface area is 168 Å². The highest BCUT2D eigenvalue weighted by Gasteiger charge is 2.30. The number of piperidine rings is 1. The van der Waals surface area contributed by atoms with Gasteiger partial charge in [0.05, 0.1) is 11.3 Å². The summed E-state index contributed by atoms with van der Waals surface area (Å²) in [6, 6.07) is 5.53. The molecule has 158 valence electrons. The van der Waals surface area contributed by atoms with Crippen LogP contribution < -0.4 is 0 Å². The Kier molecular flexibility index (Phi) is 6.62. The van der Waals surface area contributed by atoms with E-state index in [4.69, 9.17) is 4.42 Å². The summed E-state index contributed by atoms with van der Waals surface area (Å²) in [6.45, 7) is 4.80. The minimum atomic E-state index is -4.31. The lowest BCUT2D eigenvalue weighted by atomic mass is 9.97. The Balaban J connectivity index is 1.52. The summed E-state index contributed by atoms with van der Waals surface area (Å²) in [7, 11) is 1.76. The Morgan fingerprint density at radius 1 is 1.38 bits per heavy atom. The zero-order chi connectivity index (χ0) is 21.0. The highest BCUT2D eigenvalue weighted by molar-refractivity contribution is 5.92. The van der Waals surface area contributed by atoms with Crippen LogP contribution in [0.3, 0.4) is 0 Å². The van der Waals surface area contributed by atoms with Crippen molar-refractivity contribution in [3.05, 3.63) is 53.2 Å². The number of halogens is 3. The second kappa shape index (κ2) is 8.98. The summed E-state index contributed by atoms with van der Waals surface area (Å²) >= 11 is 0. The monoisotopic (exact) mass is 409 g/mol. The first kappa shape index (κ1) is 21.4. The molecule has 5 nitrogen and oxygen atoms in total. The van der Waals surface area contributed by atoms with Crippen LogP contribution >= 0.6 is 0 Å². The maximum Gasteiger partial charge on any atom is 0.416 e. The number of hydrogen-bond acceptors (Lipinski definition) is 4. The molecule has 29 heavy (non-hydrogen) atoms. The Morgan fingerprint density at radius 3 is 2.86 bits per heavy atom. The number of likely N-dealkylation sites (tertiary alicyclic amines) is 1. The van der Waals surface area contributed by atoms with Gasteiger partial charge in [-0.05, 0) is 50.3 Å². The lowest BCUT2D eigenvalue weighted by Gasteiger charge is -2.34. The van der Waals surface area contributed by atoms with Crippen molar-refractivity contribution < 1.29 is 22.4 Å². The summed E-state index contributed by atoms with van der Waals surface area (Å²) in [5.41, 5.74) is 0.664. The summed E-state index contributed by atoms with van der Waals surface area (Å²) in [4.78, 5) is 20.4. The molecular weight excluding hydrogens is 383 g/mol. The van der Waals surface area contributed by atoms with Crippen LogP contribution in [-0.4, -0.2) is 53.9 Å². The van der Waals surface area contributed by atoms with Crippen LogP contribution in [-0.2, 0) is 12.6 Å². The van der Waals surface area contributed by atoms with Crippen molar-refractivity contribution >= 4 is 5.91 Å². The average molecular weight is 409 g/mol. The molecule has 2 aromatic rings. The average Bonchev–Trinajstić information content (AvgIpc) is 3.11. The van der Waals surface area contributed by atoms with Crippen molar-refractivity contribution in [3.8, 4) is 0 Å². The van der Waals surface area contributed by atoms with Crippen LogP contribution in [0.2, 0.25) is 0 Å². The molecule has 1 fully saturated rings. The highest BCUT2D eigenvalue weighted by Crippen LogP contribution is 2.29. The van der Waals surface area contributed by atoms with E-state index in [0.717, 1.165) is 32.0 Å². The number of carbonyl (C=O) groups is 1. The maximum absolute atomic E-state index is 12.9. The van der Waals surface area contributed by atoms with Crippen molar-refractivity contribution in [1.82, 2.24) is 14.8 Å². The topological polar surface area (TPSA) is 49.6 Å². The van der Waals surface area contributed by atoms with Gasteiger partial charge in [-0.2, -0.15) is 13.2 Å². The standard InChI is InChI=1S/C21H26F3N3O2/c1-15-19(29-14-25-15)20(28)26(2)12-17-6-4-9-27(13-17)10-8-16-5-3-7-18(11-16)21(22,23)24/h3,5,7,11,14,17H,4,6,8-10,12-13H2,1-2H3/t17-/m0/s1. The molecule has 0 spiro atoms. The van der Waals surface area contributed by atoms with Crippen molar-refractivity contribution in [2.45, 2.75) is 32.4 Å². The minimum absolute atomic E-state index is 0.180. The predicted molar refractivity (Wildman–Crippen MR) is 103 cm³/mol. The summed E-state index contributed by atoms with van der Waals surface area (Å²) in [5, 5.41) is 0. The SMILES string of the molecule is Cc1ncoc1C(=O)N(C)C[C@@H]1CCCN(CCc2cccc(C(F)(F)F)c2)C1. The zero-order valence-corrected chi connectivity index (χ0v) is 16.7. The van der Waals surface area contributed by atoms with E-state index in [2.05, 4.69) is 9.88 Å². The number of carbonyl (C=O) groups excluding carboxylic acids is 1. The smallest absolute Gasteiger partial charge is 0.416 e. The van der Waals surface area contributed by atoms with Gasteiger partial charge in [0.15, 0.2) is 6.39 Å². The second-order valence-corrected chi connectivity index (χ2v) is 7.71. The molecule has 0 N–H and O–H groups in total. The molecule has 1 atom stereocenters. The van der Waals surface area contributed by atoms with Gasteiger partial charge in [-0.1, -0.05) is 18.2 Å². The lowest BCUT2D eigenvalue weighted by Crippen LogP contribution is -2.42. The van der Waals surface area contributed by atoms with Gasteiger partial charge in [0.2, 0.25) is 5.76 Å². The number of hydrogen-bond donors (Lipinski definition) is 0. The van der Waals surface area contributed by atoms with Gasteiger partial charge in [0.1, 0.15) is 0 Å². The van der Waals surface area contributed by atoms with Crippen LogP contribution in [0.5, 0.6) is 0 Å². The van der Waals surface area contributed by atoms with Gasteiger partial charge in [0.25, 0.3) is 5.91 Å². The normalized spacial score (nSPS) is 18.0. The van der Waals surface area contributed by atoms with E-state index < -0.39 is 11.7 Å². The number of aromatic nitrogens is 1. The summed E-state index contributed by atoms with van der Waals surface area (Å²) in [5.74, 6) is 0.410. The quantitative estimate of drug-likeness (QED) is 0.723. The molecule has 0 radical (unpaired) electrons. The number of rotatable bonds is 6. The van der Waals surface area contributed by atoms with Gasteiger partial charge >= 0.3 is 6.18 Å². The summed E-state index contributed by atoms with van der Waals surface area (Å²) in [6.07, 6.45) is -0.440. The molecule has 0 aliphatic carbocycles. The van der Waals surface area contributed by atoms with Gasteiger partial charge in [0, 0.05) is 26.7 Å². The van der Waals surface area contributed by atoms with Crippen molar-refractivity contribution in [1.29, 1.82) is 0 Å². The number of amides is 1. The van der Waals surface area contributed by atoms with Gasteiger partial charge in [-0.15, -0.1) is 0 Å². The molecule has 0 unspecified atom stereocenters. The van der Waals surface area contributed by atoms with E-state index >= 15 is 0 Å². The molecule has 1 aromatic heterocycles. The highest BCUT2D eigenvalue weighted by atomic mass is 19.4. The fourth-order valence-electron chi connectivity index (χ4n) is 3.84. The van der Waals surface area contributed by atoms with Crippen molar-refractivity contribution in [2.24, 2.45) is 5.92 Å². The Bertz CT molecular complexity index is 835. The van der Waals surface area contributed by atoms with Gasteiger partial charge < -0.3 is 14.2 Å². The zero-order valence-electron chi connectivity index (χ0n) is 16.7. The van der Waals surface area contributed by atoms with Crippen LogP contribution in [0.4, 0.5) is 13.2 Å². The third-order valence-electron chi connectivity index (χ3n) is 5.39. The third-order valence-corrected chi connectivity index (χ3v) is 5.39.